The summed E-state index contributed by atoms with van der Waals surface area (Å²) in [6, 6.07) is 9.84. The Kier molecular flexibility index (Phi) is 5.22. The van der Waals surface area contributed by atoms with Gasteiger partial charge in [0, 0.05) is 18.6 Å². The average molecular weight is 251 g/mol. The minimum Gasteiger partial charge on any atom is -0.370 e. The number of hydrogen-bond acceptors (Lipinski definition) is 3. The van der Waals surface area contributed by atoms with E-state index in [4.69, 9.17) is 5.73 Å². The molecule has 4 heteroatoms. The molecule has 0 spiro atoms. The van der Waals surface area contributed by atoms with Crippen molar-refractivity contribution in [2.45, 2.75) is 31.4 Å². The zero-order chi connectivity index (χ0) is 12.8. The van der Waals surface area contributed by atoms with E-state index in [-0.39, 0.29) is 28.6 Å². The molecule has 0 saturated heterocycles. The molecule has 1 amide bonds. The molecule has 0 aliphatic heterocycles. The summed E-state index contributed by atoms with van der Waals surface area (Å²) in [5, 5.41) is -0.0774. The molecule has 0 saturated carbocycles. The van der Waals surface area contributed by atoms with Crippen molar-refractivity contribution in [1.29, 1.82) is 0 Å². The summed E-state index contributed by atoms with van der Waals surface area (Å²) >= 11 is 1.19. The minimum atomic E-state index is -0.369. The Hall–Kier alpha value is -1.29. The second kappa shape index (κ2) is 6.45. The van der Waals surface area contributed by atoms with E-state index in [2.05, 4.69) is 0 Å². The fourth-order valence-corrected chi connectivity index (χ4v) is 2.74. The van der Waals surface area contributed by atoms with Crippen LogP contribution in [0.4, 0.5) is 0 Å². The van der Waals surface area contributed by atoms with E-state index in [9.17, 15) is 9.59 Å². The number of rotatable bonds is 5. The molecule has 0 aliphatic carbocycles. The number of thioether (sulfide) groups is 1. The summed E-state index contributed by atoms with van der Waals surface area (Å²) in [6.45, 7) is 3.52. The zero-order valence-electron chi connectivity index (χ0n) is 10.1. The lowest BCUT2D eigenvalue weighted by atomic mass is 9.95. The van der Waals surface area contributed by atoms with Gasteiger partial charge in [0.15, 0.2) is 5.12 Å². The Labute approximate surface area is 106 Å². The molecule has 0 fully saturated rings. The van der Waals surface area contributed by atoms with Crippen LogP contribution < -0.4 is 5.73 Å². The Balaban J connectivity index is 2.82. The fraction of sp³-hybridized carbons (Fsp3) is 0.385. The molecule has 2 N–H and O–H groups in total. The highest BCUT2D eigenvalue weighted by molar-refractivity contribution is 8.14. The molecule has 1 aromatic rings. The van der Waals surface area contributed by atoms with Crippen LogP contribution in [-0.4, -0.2) is 16.3 Å². The molecule has 0 radical (unpaired) electrons. The summed E-state index contributed by atoms with van der Waals surface area (Å²) in [5.41, 5.74) is 6.34. The van der Waals surface area contributed by atoms with Crippen molar-refractivity contribution in [1.82, 2.24) is 0 Å². The third kappa shape index (κ3) is 4.61. The lowest BCUT2D eigenvalue weighted by Gasteiger charge is -2.21. The lowest BCUT2D eigenvalue weighted by molar-refractivity contribution is -0.118. The predicted octanol–water partition coefficient (Wildman–Crippen LogP) is 2.31. The molecule has 0 bridgehead atoms. The molecule has 1 aromatic carbocycles. The van der Waals surface area contributed by atoms with Gasteiger partial charge in [-0.15, -0.1) is 0 Å². The fourth-order valence-electron chi connectivity index (χ4n) is 1.70. The van der Waals surface area contributed by atoms with Gasteiger partial charge in [0.2, 0.25) is 5.91 Å². The van der Waals surface area contributed by atoms with Gasteiger partial charge in [-0.3, -0.25) is 9.59 Å². The van der Waals surface area contributed by atoms with Gasteiger partial charge in [-0.25, -0.2) is 0 Å². The molecule has 1 rings (SSSR count). The smallest absolute Gasteiger partial charge is 0.218 e. The zero-order valence-corrected chi connectivity index (χ0v) is 10.9. The Morgan fingerprint density at radius 2 is 1.88 bits per heavy atom. The quantitative estimate of drug-likeness (QED) is 0.873. The topological polar surface area (TPSA) is 60.2 Å². The normalized spacial score (nSPS) is 14.0. The van der Waals surface area contributed by atoms with E-state index in [1.807, 2.05) is 37.3 Å². The van der Waals surface area contributed by atoms with E-state index in [1.165, 1.54) is 18.7 Å². The summed E-state index contributed by atoms with van der Waals surface area (Å²) in [5.74, 6) is -0.246. The highest BCUT2D eigenvalue weighted by Crippen LogP contribution is 2.30. The Bertz CT molecular complexity index is 376. The standard InChI is InChI=1S/C13H17NO2S/c1-9(11-6-4-3-5-7-11)12(8-13(14)16)17-10(2)15/h3-7,9,12H,8H2,1-2H3,(H2,14,16)/t9-,12?/m0/s1. The van der Waals surface area contributed by atoms with Gasteiger partial charge in [-0.1, -0.05) is 49.0 Å². The molecule has 3 nitrogen and oxygen atoms in total. The van der Waals surface area contributed by atoms with Crippen LogP contribution in [-0.2, 0) is 9.59 Å². The van der Waals surface area contributed by atoms with Gasteiger partial charge < -0.3 is 5.73 Å². The Morgan fingerprint density at radius 1 is 1.29 bits per heavy atom. The molecule has 17 heavy (non-hydrogen) atoms. The van der Waals surface area contributed by atoms with Gasteiger partial charge >= 0.3 is 0 Å². The van der Waals surface area contributed by atoms with Crippen molar-refractivity contribution in [2.24, 2.45) is 5.73 Å². The SMILES string of the molecule is CC(=O)SC(CC(N)=O)[C@@H](C)c1ccccc1. The number of primary amides is 1. The maximum absolute atomic E-state index is 11.2. The van der Waals surface area contributed by atoms with Crippen molar-refractivity contribution < 1.29 is 9.59 Å². The molecule has 2 atom stereocenters. The molecule has 92 valence electrons. The number of carbonyl (C=O) groups is 2. The van der Waals surface area contributed by atoms with Crippen LogP contribution in [0.15, 0.2) is 30.3 Å². The average Bonchev–Trinajstić information content (AvgIpc) is 2.27. The first-order valence-electron chi connectivity index (χ1n) is 5.51. The summed E-state index contributed by atoms with van der Waals surface area (Å²) in [4.78, 5) is 22.2. The van der Waals surface area contributed by atoms with Crippen LogP contribution in [0.5, 0.6) is 0 Å². The first-order chi connectivity index (χ1) is 8.00. The van der Waals surface area contributed by atoms with E-state index in [0.29, 0.717) is 0 Å². The Morgan fingerprint density at radius 3 is 2.35 bits per heavy atom. The van der Waals surface area contributed by atoms with Crippen molar-refractivity contribution in [3.63, 3.8) is 0 Å². The van der Waals surface area contributed by atoms with Gasteiger partial charge in [-0.05, 0) is 11.5 Å². The van der Waals surface area contributed by atoms with Crippen LogP contribution in [0.3, 0.4) is 0 Å². The van der Waals surface area contributed by atoms with Crippen LogP contribution in [0, 0.1) is 0 Å². The molecule has 0 heterocycles. The molecule has 0 aliphatic rings. The predicted molar refractivity (Wildman–Crippen MR) is 70.7 cm³/mol. The van der Waals surface area contributed by atoms with Gasteiger partial charge in [0.25, 0.3) is 0 Å². The molecular formula is C13H17NO2S. The third-order valence-electron chi connectivity index (χ3n) is 2.60. The van der Waals surface area contributed by atoms with Crippen LogP contribution in [0.1, 0.15) is 31.7 Å². The maximum Gasteiger partial charge on any atom is 0.218 e. The van der Waals surface area contributed by atoms with E-state index in [0.717, 1.165) is 5.56 Å². The van der Waals surface area contributed by atoms with Gasteiger partial charge in [0.1, 0.15) is 0 Å². The van der Waals surface area contributed by atoms with Crippen LogP contribution in [0.25, 0.3) is 0 Å². The van der Waals surface area contributed by atoms with Crippen molar-refractivity contribution in [3.05, 3.63) is 35.9 Å². The molecule has 1 unspecified atom stereocenters. The van der Waals surface area contributed by atoms with Crippen molar-refractivity contribution >= 4 is 22.8 Å². The second-order valence-corrected chi connectivity index (χ2v) is 5.43. The summed E-state index contributed by atoms with van der Waals surface area (Å²) in [7, 11) is 0. The minimum absolute atomic E-state index is 0.0130. The largest absolute Gasteiger partial charge is 0.370 e. The number of hydrogen-bond donors (Lipinski definition) is 1. The number of amides is 1. The van der Waals surface area contributed by atoms with E-state index >= 15 is 0 Å². The molecule has 0 aromatic heterocycles. The monoisotopic (exact) mass is 251 g/mol. The first kappa shape index (κ1) is 13.8. The van der Waals surface area contributed by atoms with E-state index < -0.39 is 0 Å². The molecular weight excluding hydrogens is 234 g/mol. The van der Waals surface area contributed by atoms with Crippen molar-refractivity contribution in [3.8, 4) is 0 Å². The lowest BCUT2D eigenvalue weighted by Crippen LogP contribution is -2.23. The highest BCUT2D eigenvalue weighted by Gasteiger charge is 2.23. The number of nitrogens with two attached hydrogens (primary N) is 1. The van der Waals surface area contributed by atoms with Crippen LogP contribution in [0.2, 0.25) is 0 Å². The number of carbonyl (C=O) groups excluding carboxylic acids is 2. The van der Waals surface area contributed by atoms with E-state index in [1.54, 1.807) is 0 Å². The summed E-state index contributed by atoms with van der Waals surface area (Å²) in [6.07, 6.45) is 0.223. The maximum atomic E-state index is 11.2. The van der Waals surface area contributed by atoms with Crippen LogP contribution >= 0.6 is 11.8 Å². The van der Waals surface area contributed by atoms with Gasteiger partial charge in [-0.2, -0.15) is 0 Å². The second-order valence-electron chi connectivity index (χ2n) is 4.02. The van der Waals surface area contributed by atoms with Gasteiger partial charge in [0.05, 0.1) is 0 Å². The third-order valence-corrected chi connectivity index (χ3v) is 3.81. The van der Waals surface area contributed by atoms with Crippen molar-refractivity contribution in [2.75, 3.05) is 0 Å². The number of benzene rings is 1. The summed E-state index contributed by atoms with van der Waals surface area (Å²) < 4.78 is 0. The first-order valence-corrected chi connectivity index (χ1v) is 6.39. The highest BCUT2D eigenvalue weighted by atomic mass is 32.2.